The molecule has 1 N–H and O–H groups in total. The summed E-state index contributed by atoms with van der Waals surface area (Å²) in [5, 5.41) is 15.5. The Morgan fingerprint density at radius 2 is 1.94 bits per heavy atom. The van der Waals surface area contributed by atoms with Gasteiger partial charge >= 0.3 is 5.91 Å². The van der Waals surface area contributed by atoms with Crippen molar-refractivity contribution in [1.82, 2.24) is 5.16 Å². The van der Waals surface area contributed by atoms with E-state index < -0.39 is 17.7 Å². The first-order valence-corrected chi connectivity index (χ1v) is 10.5. The van der Waals surface area contributed by atoms with E-state index >= 15 is 0 Å². The molecule has 0 unspecified atom stereocenters. The number of anilines is 1. The van der Waals surface area contributed by atoms with Crippen molar-refractivity contribution in [2.75, 3.05) is 11.5 Å². The van der Waals surface area contributed by atoms with Gasteiger partial charge in [-0.15, -0.1) is 0 Å². The van der Waals surface area contributed by atoms with E-state index in [0.29, 0.717) is 34.3 Å². The maximum atomic E-state index is 13.1. The van der Waals surface area contributed by atoms with Gasteiger partial charge < -0.3 is 14.4 Å². The number of ether oxygens (including phenoxy) is 1. The third-order valence-corrected chi connectivity index (χ3v) is 5.31. The Hall–Kier alpha value is -3.58. The van der Waals surface area contributed by atoms with Crippen LogP contribution >= 0.6 is 11.6 Å². The number of hydrogen-bond donors (Lipinski definition) is 1. The number of carbonyl (C=O) groups is 2. The minimum Gasteiger partial charge on any atom is -0.507 e. The molecule has 2 heterocycles. The third-order valence-electron chi connectivity index (χ3n) is 5.07. The van der Waals surface area contributed by atoms with Crippen LogP contribution in [0.5, 0.6) is 5.75 Å². The molecule has 1 saturated heterocycles. The van der Waals surface area contributed by atoms with Crippen LogP contribution in [-0.2, 0) is 9.59 Å². The van der Waals surface area contributed by atoms with Crippen molar-refractivity contribution in [2.45, 2.75) is 26.3 Å². The standard InChI is InChI=1S/C24H21ClN2O5/c1-3-11-31-18-9-7-15(8-10-18)22(28)20-21(16-5-4-6-17(25)13-16)27(24(30)23(20)29)19-12-14(2)32-26-19/h4-10,12-13,21,28H,3,11H2,1-2H3/b22-20+/t21-/m0/s1. The molecule has 0 radical (unpaired) electrons. The fourth-order valence-corrected chi connectivity index (χ4v) is 3.81. The smallest absolute Gasteiger partial charge is 0.301 e. The van der Waals surface area contributed by atoms with Crippen molar-refractivity contribution in [3.8, 4) is 5.75 Å². The molecule has 0 bridgehead atoms. The highest BCUT2D eigenvalue weighted by molar-refractivity contribution is 6.51. The summed E-state index contributed by atoms with van der Waals surface area (Å²) in [6, 6.07) is 14.1. The first-order valence-electron chi connectivity index (χ1n) is 10.1. The van der Waals surface area contributed by atoms with Crippen LogP contribution < -0.4 is 9.64 Å². The lowest BCUT2D eigenvalue weighted by atomic mass is 9.95. The van der Waals surface area contributed by atoms with Crippen LogP contribution in [0.15, 0.2) is 64.7 Å². The second-order valence-electron chi connectivity index (χ2n) is 7.39. The van der Waals surface area contributed by atoms with E-state index in [9.17, 15) is 14.7 Å². The van der Waals surface area contributed by atoms with Gasteiger partial charge in [-0.05, 0) is 55.3 Å². The molecule has 0 spiro atoms. The lowest BCUT2D eigenvalue weighted by Gasteiger charge is -2.23. The molecule has 1 amide bonds. The SMILES string of the molecule is CCCOc1ccc(/C(O)=C2\C(=O)C(=O)N(c3cc(C)on3)[C@H]2c2cccc(Cl)c2)cc1. The van der Waals surface area contributed by atoms with Crippen molar-refractivity contribution in [2.24, 2.45) is 0 Å². The molecule has 7 nitrogen and oxygen atoms in total. The second kappa shape index (κ2) is 8.88. The number of halogens is 1. The number of hydrogen-bond acceptors (Lipinski definition) is 6. The highest BCUT2D eigenvalue weighted by Gasteiger charge is 2.48. The molecule has 164 valence electrons. The normalized spacial score (nSPS) is 17.7. The van der Waals surface area contributed by atoms with Gasteiger partial charge in [0.2, 0.25) is 0 Å². The number of carbonyl (C=O) groups excluding carboxylic acids is 2. The predicted molar refractivity (Wildman–Crippen MR) is 120 cm³/mol. The van der Waals surface area contributed by atoms with Gasteiger partial charge in [0, 0.05) is 16.7 Å². The molecular formula is C24H21ClN2O5. The Kier molecular flexibility index (Phi) is 6.01. The van der Waals surface area contributed by atoms with Crippen LogP contribution in [0.2, 0.25) is 5.02 Å². The zero-order chi connectivity index (χ0) is 22.8. The summed E-state index contributed by atoms with van der Waals surface area (Å²) in [6.07, 6.45) is 0.867. The van der Waals surface area contributed by atoms with Crippen molar-refractivity contribution in [3.63, 3.8) is 0 Å². The minimum atomic E-state index is -0.922. The predicted octanol–water partition coefficient (Wildman–Crippen LogP) is 5.05. The van der Waals surface area contributed by atoms with Gasteiger partial charge in [-0.1, -0.05) is 35.8 Å². The minimum absolute atomic E-state index is 0.0554. The van der Waals surface area contributed by atoms with Gasteiger partial charge in [0.15, 0.2) is 5.82 Å². The zero-order valence-electron chi connectivity index (χ0n) is 17.5. The number of amides is 1. The fraction of sp³-hybridized carbons (Fsp3) is 0.208. The Morgan fingerprint density at radius 1 is 1.19 bits per heavy atom. The molecule has 1 atom stereocenters. The summed E-state index contributed by atoms with van der Waals surface area (Å²) in [5.41, 5.74) is 0.886. The largest absolute Gasteiger partial charge is 0.507 e. The van der Waals surface area contributed by atoms with E-state index in [1.165, 1.54) is 4.90 Å². The number of nitrogens with zero attached hydrogens (tertiary/aromatic N) is 2. The number of aryl methyl sites for hydroxylation is 1. The summed E-state index contributed by atoms with van der Waals surface area (Å²) in [6.45, 7) is 4.26. The first kappa shape index (κ1) is 21.6. The molecule has 0 aliphatic carbocycles. The van der Waals surface area contributed by atoms with Crippen LogP contribution in [0.1, 0.15) is 36.3 Å². The molecule has 1 aliphatic heterocycles. The molecule has 4 rings (SSSR count). The lowest BCUT2D eigenvalue weighted by molar-refractivity contribution is -0.132. The van der Waals surface area contributed by atoms with Gasteiger partial charge in [0.05, 0.1) is 18.2 Å². The van der Waals surface area contributed by atoms with Gasteiger partial charge in [-0.2, -0.15) is 0 Å². The number of aliphatic hydroxyl groups is 1. The van der Waals surface area contributed by atoms with Crippen LogP contribution in [0.4, 0.5) is 5.82 Å². The first-order chi connectivity index (χ1) is 15.4. The van der Waals surface area contributed by atoms with Gasteiger partial charge in [-0.3, -0.25) is 14.5 Å². The second-order valence-corrected chi connectivity index (χ2v) is 7.83. The maximum Gasteiger partial charge on any atom is 0.301 e. The van der Waals surface area contributed by atoms with Crippen molar-refractivity contribution < 1.29 is 24.0 Å². The summed E-state index contributed by atoms with van der Waals surface area (Å²) in [5.74, 6) is -0.620. The fourth-order valence-electron chi connectivity index (χ4n) is 3.61. The van der Waals surface area contributed by atoms with Gasteiger partial charge in [0.25, 0.3) is 5.78 Å². The molecule has 1 aliphatic rings. The lowest BCUT2D eigenvalue weighted by Crippen LogP contribution is -2.29. The Morgan fingerprint density at radius 3 is 2.56 bits per heavy atom. The topological polar surface area (TPSA) is 92.9 Å². The van der Waals surface area contributed by atoms with Crippen molar-refractivity contribution >= 4 is 34.9 Å². The molecule has 2 aromatic carbocycles. The number of ketones is 1. The van der Waals surface area contributed by atoms with Gasteiger partial charge in [-0.25, -0.2) is 0 Å². The molecule has 1 fully saturated rings. The van der Waals surface area contributed by atoms with E-state index in [1.807, 2.05) is 6.92 Å². The highest BCUT2D eigenvalue weighted by Crippen LogP contribution is 2.42. The van der Waals surface area contributed by atoms with E-state index in [2.05, 4.69) is 5.16 Å². The van der Waals surface area contributed by atoms with E-state index in [-0.39, 0.29) is 17.2 Å². The quantitative estimate of drug-likeness (QED) is 0.319. The van der Waals surface area contributed by atoms with Crippen LogP contribution in [-0.4, -0.2) is 28.6 Å². The summed E-state index contributed by atoms with van der Waals surface area (Å²) >= 11 is 6.18. The summed E-state index contributed by atoms with van der Waals surface area (Å²) < 4.78 is 10.7. The Labute approximate surface area is 189 Å². The molecule has 8 heteroatoms. The van der Waals surface area contributed by atoms with E-state index in [1.54, 1.807) is 61.5 Å². The maximum absolute atomic E-state index is 13.1. The average molecular weight is 453 g/mol. The van der Waals surface area contributed by atoms with Crippen LogP contribution in [0, 0.1) is 6.92 Å². The number of benzene rings is 2. The highest BCUT2D eigenvalue weighted by atomic mass is 35.5. The molecular weight excluding hydrogens is 432 g/mol. The molecule has 1 aromatic heterocycles. The Balaban J connectivity index is 1.84. The van der Waals surface area contributed by atoms with E-state index in [4.69, 9.17) is 20.9 Å². The van der Waals surface area contributed by atoms with Crippen molar-refractivity contribution in [3.05, 3.63) is 82.1 Å². The summed E-state index contributed by atoms with van der Waals surface area (Å²) in [7, 11) is 0. The molecule has 3 aromatic rings. The molecule has 32 heavy (non-hydrogen) atoms. The average Bonchev–Trinajstić information content (AvgIpc) is 3.33. The van der Waals surface area contributed by atoms with Crippen molar-refractivity contribution in [1.29, 1.82) is 0 Å². The number of aromatic nitrogens is 1. The van der Waals surface area contributed by atoms with Crippen LogP contribution in [0.25, 0.3) is 5.76 Å². The molecule has 0 saturated carbocycles. The number of aliphatic hydroxyl groups excluding tert-OH is 1. The third kappa shape index (κ3) is 3.99. The van der Waals surface area contributed by atoms with Gasteiger partial charge in [0.1, 0.15) is 17.3 Å². The Bertz CT molecular complexity index is 1200. The van der Waals surface area contributed by atoms with E-state index in [0.717, 1.165) is 6.42 Å². The summed E-state index contributed by atoms with van der Waals surface area (Å²) in [4.78, 5) is 27.3. The van der Waals surface area contributed by atoms with Crippen LogP contribution in [0.3, 0.4) is 0 Å². The monoisotopic (exact) mass is 452 g/mol. The zero-order valence-corrected chi connectivity index (χ0v) is 18.3. The number of rotatable bonds is 6. The number of Topliss-reactive ketones (excluding diaryl/α,β-unsaturated/α-hetero) is 1.